The molecule has 1 N–H and O–H groups in total. The summed E-state index contributed by atoms with van der Waals surface area (Å²) < 4.78 is 0. The van der Waals surface area contributed by atoms with Crippen molar-refractivity contribution in [2.75, 3.05) is 43.3 Å². The summed E-state index contributed by atoms with van der Waals surface area (Å²) in [4.78, 5) is 26.3. The molecular weight excluding hydrogens is 422 g/mol. The molecule has 0 fully saturated rings. The fourth-order valence-electron chi connectivity index (χ4n) is 3.74. The van der Waals surface area contributed by atoms with Gasteiger partial charge in [-0.15, -0.1) is 6.58 Å². The van der Waals surface area contributed by atoms with Crippen molar-refractivity contribution in [1.82, 2.24) is 9.97 Å². The van der Waals surface area contributed by atoms with Crippen LogP contribution in [0.4, 0.5) is 17.1 Å². The van der Waals surface area contributed by atoms with Crippen LogP contribution in [0.3, 0.4) is 0 Å². The molecule has 0 unspecified atom stereocenters. The van der Waals surface area contributed by atoms with E-state index in [1.54, 1.807) is 6.08 Å². The lowest BCUT2D eigenvalue weighted by Crippen LogP contribution is -2.10. The molecule has 4 rings (SSSR count). The summed E-state index contributed by atoms with van der Waals surface area (Å²) in [7, 11) is 8.08. The number of nitrogens with zero attached hydrogens (tertiary/aromatic N) is 4. The number of carbonyl (C=O) groups is 1. The van der Waals surface area contributed by atoms with Gasteiger partial charge in [0.25, 0.3) is 0 Å². The molecule has 0 bridgehead atoms. The Morgan fingerprint density at radius 3 is 1.91 bits per heavy atom. The van der Waals surface area contributed by atoms with Crippen molar-refractivity contribution >= 4 is 34.0 Å². The van der Waals surface area contributed by atoms with Crippen molar-refractivity contribution < 1.29 is 4.79 Å². The van der Waals surface area contributed by atoms with Crippen molar-refractivity contribution in [2.45, 2.75) is 6.42 Å². The first-order valence-electron chi connectivity index (χ1n) is 11.1. The number of rotatable bonds is 7. The lowest BCUT2D eigenvalue weighted by atomic mass is 10.0. The molecule has 0 radical (unpaired) electrons. The summed E-state index contributed by atoms with van der Waals surface area (Å²) in [5.74, 6) is -0.113. The quantitative estimate of drug-likeness (QED) is 0.370. The second-order valence-corrected chi connectivity index (χ2v) is 8.55. The van der Waals surface area contributed by atoms with Crippen molar-refractivity contribution in [1.29, 1.82) is 0 Å². The molecule has 0 spiro atoms. The molecule has 1 heterocycles. The van der Waals surface area contributed by atoms with Gasteiger partial charge in [0, 0.05) is 62.8 Å². The lowest BCUT2D eigenvalue weighted by Gasteiger charge is -2.17. The summed E-state index contributed by atoms with van der Waals surface area (Å²) in [5, 5.41) is 2.89. The van der Waals surface area contributed by atoms with Crippen molar-refractivity contribution in [3.63, 3.8) is 0 Å². The zero-order valence-electron chi connectivity index (χ0n) is 20.0. The molecule has 0 saturated heterocycles. The van der Waals surface area contributed by atoms with Crippen molar-refractivity contribution in [3.05, 3.63) is 79.4 Å². The van der Waals surface area contributed by atoms with E-state index in [9.17, 15) is 4.79 Å². The fraction of sp³-hybridized carbons (Fsp3) is 0.179. The molecule has 1 aromatic heterocycles. The highest BCUT2D eigenvalue weighted by Crippen LogP contribution is 2.34. The predicted molar refractivity (Wildman–Crippen MR) is 143 cm³/mol. The Bertz CT molecular complexity index is 1360. The summed E-state index contributed by atoms with van der Waals surface area (Å²) in [6, 6.07) is 22.2. The minimum absolute atomic E-state index is 0.113. The molecule has 4 aromatic rings. The molecule has 6 heteroatoms. The average molecular weight is 452 g/mol. The summed E-state index contributed by atoms with van der Waals surface area (Å²) in [6.45, 7) is 3.62. The van der Waals surface area contributed by atoms with Crippen LogP contribution in [0.2, 0.25) is 0 Å². The standard InChI is InChI=1S/C28H29N5O/c1-6-9-26(34)29-21-14-15-24-25(18-21)31-28(20-11-8-13-23(17-20)33(4)5)27(30-24)19-10-7-12-22(16-19)32(2)3/h6-8,10-18H,1,9H2,2-5H3,(H,29,34). The van der Waals surface area contributed by atoms with Crippen LogP contribution in [0, 0.1) is 0 Å². The predicted octanol–water partition coefficient (Wildman–Crippen LogP) is 5.61. The van der Waals surface area contributed by atoms with Gasteiger partial charge in [-0.3, -0.25) is 4.79 Å². The fourth-order valence-corrected chi connectivity index (χ4v) is 3.74. The highest BCUT2D eigenvalue weighted by Gasteiger charge is 2.15. The molecule has 6 nitrogen and oxygen atoms in total. The van der Waals surface area contributed by atoms with Gasteiger partial charge in [-0.2, -0.15) is 0 Å². The Morgan fingerprint density at radius 2 is 1.38 bits per heavy atom. The summed E-state index contributed by atoms with van der Waals surface area (Å²) >= 11 is 0. The van der Waals surface area contributed by atoms with Crippen LogP contribution in [0.15, 0.2) is 79.4 Å². The second kappa shape index (κ2) is 9.75. The largest absolute Gasteiger partial charge is 0.378 e. The maximum Gasteiger partial charge on any atom is 0.228 e. The molecule has 34 heavy (non-hydrogen) atoms. The Labute approximate surface area is 200 Å². The molecule has 0 aliphatic heterocycles. The van der Waals surface area contributed by atoms with Gasteiger partial charge < -0.3 is 15.1 Å². The molecule has 0 aliphatic rings. The first kappa shape index (κ1) is 23.0. The van der Waals surface area contributed by atoms with Gasteiger partial charge >= 0.3 is 0 Å². The molecule has 172 valence electrons. The van der Waals surface area contributed by atoms with Crippen molar-refractivity contribution in [3.8, 4) is 22.5 Å². The number of hydrogen-bond acceptors (Lipinski definition) is 5. The SMILES string of the molecule is C=CCC(=O)Nc1ccc2nc(-c3cccc(N(C)C)c3)c(-c3cccc(N(C)C)c3)nc2c1. The Balaban J connectivity index is 1.91. The van der Waals surface area contributed by atoms with Crippen LogP contribution in [0.5, 0.6) is 0 Å². The van der Waals surface area contributed by atoms with E-state index in [4.69, 9.17) is 9.97 Å². The molecule has 1 amide bonds. The summed E-state index contributed by atoms with van der Waals surface area (Å²) in [5.41, 5.74) is 7.92. The van der Waals surface area contributed by atoms with E-state index < -0.39 is 0 Å². The van der Waals surface area contributed by atoms with E-state index in [0.717, 1.165) is 39.4 Å². The number of nitrogens with one attached hydrogen (secondary N) is 1. The van der Waals surface area contributed by atoms with E-state index in [2.05, 4.69) is 58.1 Å². The van der Waals surface area contributed by atoms with E-state index in [-0.39, 0.29) is 12.3 Å². The van der Waals surface area contributed by atoms with Gasteiger partial charge in [0.2, 0.25) is 5.91 Å². The third-order valence-corrected chi connectivity index (χ3v) is 5.55. The zero-order chi connectivity index (χ0) is 24.2. The van der Waals surface area contributed by atoms with Gasteiger partial charge in [-0.05, 0) is 42.5 Å². The van der Waals surface area contributed by atoms with Gasteiger partial charge in [0.1, 0.15) is 0 Å². The van der Waals surface area contributed by atoms with Crippen LogP contribution in [-0.2, 0) is 4.79 Å². The number of amides is 1. The van der Waals surface area contributed by atoms with Crippen molar-refractivity contribution in [2.24, 2.45) is 0 Å². The monoisotopic (exact) mass is 451 g/mol. The number of fused-ring (bicyclic) bond motifs is 1. The summed E-state index contributed by atoms with van der Waals surface area (Å²) in [6.07, 6.45) is 1.84. The molecule has 0 saturated carbocycles. The third kappa shape index (κ3) is 4.91. The number of hydrogen-bond donors (Lipinski definition) is 1. The number of benzene rings is 3. The number of anilines is 3. The van der Waals surface area contributed by atoms with E-state index in [1.165, 1.54) is 0 Å². The maximum absolute atomic E-state index is 12.0. The maximum atomic E-state index is 12.0. The molecule has 3 aromatic carbocycles. The smallest absolute Gasteiger partial charge is 0.228 e. The zero-order valence-corrected chi connectivity index (χ0v) is 20.0. The van der Waals surface area contributed by atoms with Crippen LogP contribution in [0.1, 0.15) is 6.42 Å². The molecule has 0 atom stereocenters. The minimum atomic E-state index is -0.113. The lowest BCUT2D eigenvalue weighted by molar-refractivity contribution is -0.115. The molecular formula is C28H29N5O. The highest BCUT2D eigenvalue weighted by molar-refractivity contribution is 5.95. The average Bonchev–Trinajstić information content (AvgIpc) is 2.83. The van der Waals surface area contributed by atoms with Crippen LogP contribution < -0.4 is 15.1 Å². The number of carbonyl (C=O) groups excluding carboxylic acids is 1. The van der Waals surface area contributed by atoms with Gasteiger partial charge in [0.05, 0.1) is 22.4 Å². The van der Waals surface area contributed by atoms with Crippen LogP contribution >= 0.6 is 0 Å². The molecule has 0 aliphatic carbocycles. The van der Waals surface area contributed by atoms with E-state index in [0.29, 0.717) is 11.2 Å². The Hall–Kier alpha value is -4.19. The van der Waals surface area contributed by atoms with Gasteiger partial charge in [-0.1, -0.05) is 30.3 Å². The van der Waals surface area contributed by atoms with Crippen LogP contribution in [0.25, 0.3) is 33.5 Å². The van der Waals surface area contributed by atoms with Gasteiger partial charge in [0.15, 0.2) is 0 Å². The highest BCUT2D eigenvalue weighted by atomic mass is 16.1. The first-order chi connectivity index (χ1) is 16.4. The third-order valence-electron chi connectivity index (χ3n) is 5.55. The van der Waals surface area contributed by atoms with Crippen LogP contribution in [-0.4, -0.2) is 44.1 Å². The Kier molecular flexibility index (Phi) is 6.59. The number of aromatic nitrogens is 2. The normalized spacial score (nSPS) is 10.7. The first-order valence-corrected chi connectivity index (χ1v) is 11.1. The van der Waals surface area contributed by atoms with E-state index >= 15 is 0 Å². The van der Waals surface area contributed by atoms with E-state index in [1.807, 2.05) is 58.5 Å². The topological polar surface area (TPSA) is 61.4 Å². The Morgan fingerprint density at radius 1 is 0.824 bits per heavy atom. The van der Waals surface area contributed by atoms with Gasteiger partial charge in [-0.25, -0.2) is 9.97 Å². The second-order valence-electron chi connectivity index (χ2n) is 8.55. The minimum Gasteiger partial charge on any atom is -0.378 e.